The Labute approximate surface area is 278 Å². The van der Waals surface area contributed by atoms with Gasteiger partial charge in [0.25, 0.3) is 0 Å². The number of aliphatic carboxylic acids is 1. The van der Waals surface area contributed by atoms with Crippen molar-refractivity contribution >= 4 is 35.1 Å². The van der Waals surface area contributed by atoms with Crippen LogP contribution in [0.1, 0.15) is 73.2 Å². The molecule has 9 nitrogen and oxygen atoms in total. The molecule has 242 valence electrons. The molecule has 5 rings (SSSR count). The van der Waals surface area contributed by atoms with Gasteiger partial charge in [0.05, 0.1) is 31.7 Å². The summed E-state index contributed by atoms with van der Waals surface area (Å²) in [5, 5.41) is 21.8. The highest BCUT2D eigenvalue weighted by atomic mass is 35.5. The smallest absolute Gasteiger partial charge is 0.303 e. The number of nitrogens with one attached hydrogen (secondary N) is 1. The monoisotopic (exact) mass is 665 g/mol. The van der Waals surface area contributed by atoms with Gasteiger partial charge in [-0.3, -0.25) is 9.59 Å². The molecule has 11 heteroatoms. The van der Waals surface area contributed by atoms with E-state index in [1.54, 1.807) is 10.9 Å². The van der Waals surface area contributed by atoms with E-state index < -0.39 is 12.3 Å². The molecule has 1 aromatic heterocycles. The molecule has 3 N–H and O–H groups in total. The van der Waals surface area contributed by atoms with Crippen molar-refractivity contribution in [3.05, 3.63) is 112 Å². The summed E-state index contributed by atoms with van der Waals surface area (Å²) in [4.78, 5) is 27.2. The fourth-order valence-corrected chi connectivity index (χ4v) is 5.83. The van der Waals surface area contributed by atoms with Gasteiger partial charge in [-0.25, -0.2) is 4.98 Å². The highest BCUT2D eigenvalue weighted by Gasteiger charge is 2.33. The summed E-state index contributed by atoms with van der Waals surface area (Å²) in [6, 6.07) is 23.7. The van der Waals surface area contributed by atoms with E-state index in [0.717, 1.165) is 33.4 Å². The lowest BCUT2D eigenvalue weighted by Crippen LogP contribution is -2.32. The Hall–Kier alpha value is -3.73. The third-order valence-corrected chi connectivity index (χ3v) is 8.80. The number of unbranched alkanes of at least 4 members (excludes halogenated alkanes) is 2. The Morgan fingerprint density at radius 2 is 1.63 bits per heavy atom. The topological polar surface area (TPSA) is 123 Å². The second-order valence-electron chi connectivity index (χ2n) is 11.3. The van der Waals surface area contributed by atoms with Crippen molar-refractivity contribution in [2.45, 2.75) is 76.7 Å². The number of ether oxygens (including phenoxy) is 2. The summed E-state index contributed by atoms with van der Waals surface area (Å²) in [6.07, 6.45) is 3.48. The lowest BCUT2D eigenvalue weighted by molar-refractivity contribution is -0.252. The number of imidazole rings is 1. The number of aromatic nitrogens is 2. The molecule has 0 radical (unpaired) electrons. The van der Waals surface area contributed by atoms with Crippen LogP contribution in [-0.2, 0) is 38.8 Å². The van der Waals surface area contributed by atoms with Crippen LogP contribution in [0.3, 0.4) is 0 Å². The molecular formula is C35H37Cl2N3O6. The number of hydrogen-bond acceptors (Lipinski definition) is 6. The Morgan fingerprint density at radius 1 is 0.913 bits per heavy atom. The molecule has 3 unspecified atom stereocenters. The van der Waals surface area contributed by atoms with E-state index >= 15 is 0 Å². The average molecular weight is 667 g/mol. The largest absolute Gasteiger partial charge is 0.481 e. The minimum Gasteiger partial charge on any atom is -0.481 e. The lowest BCUT2D eigenvalue weighted by atomic mass is 9.97. The van der Waals surface area contributed by atoms with Crippen LogP contribution in [0.15, 0.2) is 79.1 Å². The molecule has 1 saturated heterocycles. The van der Waals surface area contributed by atoms with E-state index in [0.29, 0.717) is 50.3 Å². The van der Waals surface area contributed by atoms with Gasteiger partial charge in [-0.15, -0.1) is 0 Å². The van der Waals surface area contributed by atoms with Gasteiger partial charge in [0.1, 0.15) is 5.15 Å². The zero-order valence-corrected chi connectivity index (χ0v) is 26.8. The van der Waals surface area contributed by atoms with Crippen LogP contribution in [-0.4, -0.2) is 37.7 Å². The zero-order chi connectivity index (χ0) is 32.5. The van der Waals surface area contributed by atoms with Gasteiger partial charge in [-0.2, -0.15) is 0 Å². The maximum absolute atomic E-state index is 12.4. The summed E-state index contributed by atoms with van der Waals surface area (Å²) in [7, 11) is 0. The second-order valence-corrected chi connectivity index (χ2v) is 12.1. The first-order valence-electron chi connectivity index (χ1n) is 15.3. The minimum absolute atomic E-state index is 0.0297. The number of aliphatic hydroxyl groups is 1. The van der Waals surface area contributed by atoms with Crippen molar-refractivity contribution in [3.8, 4) is 11.1 Å². The summed E-state index contributed by atoms with van der Waals surface area (Å²) < 4.78 is 14.7. The summed E-state index contributed by atoms with van der Waals surface area (Å²) in [5.41, 5.74) is 5.65. The fraction of sp³-hybridized carbons (Fsp3) is 0.343. The number of carboxylic acid groups (broad SMARTS) is 1. The molecule has 4 aromatic rings. The van der Waals surface area contributed by atoms with Gasteiger partial charge in [-0.1, -0.05) is 102 Å². The van der Waals surface area contributed by atoms with Crippen molar-refractivity contribution in [2.24, 2.45) is 0 Å². The molecule has 1 aliphatic rings. The van der Waals surface area contributed by atoms with Crippen molar-refractivity contribution < 1.29 is 29.3 Å². The van der Waals surface area contributed by atoms with Gasteiger partial charge in [0.15, 0.2) is 11.4 Å². The predicted molar refractivity (Wildman–Crippen MR) is 175 cm³/mol. The highest BCUT2D eigenvalue weighted by molar-refractivity contribution is 6.40. The van der Waals surface area contributed by atoms with Crippen LogP contribution < -0.4 is 5.32 Å². The van der Waals surface area contributed by atoms with Crippen LogP contribution >= 0.6 is 23.2 Å². The van der Waals surface area contributed by atoms with Crippen LogP contribution in [0.2, 0.25) is 10.3 Å². The first kappa shape index (κ1) is 33.6. The number of aliphatic hydroxyl groups excluding tert-OH is 1. The van der Waals surface area contributed by atoms with Crippen molar-refractivity contribution in [1.82, 2.24) is 14.9 Å². The molecule has 0 aliphatic carbocycles. The van der Waals surface area contributed by atoms with Gasteiger partial charge in [0.2, 0.25) is 5.91 Å². The SMILES string of the molecule is O=C(O)CCCCCC(=O)NCc1ccccc1-c1ccc(C2OC(Cn3cnc(Cl)c3Cl)CC(c3ccc(CO)cc3)O2)cc1. The minimum atomic E-state index is -0.812. The Balaban J connectivity index is 1.27. The molecule has 0 bridgehead atoms. The summed E-state index contributed by atoms with van der Waals surface area (Å²) >= 11 is 12.4. The number of halogens is 2. The second kappa shape index (κ2) is 16.2. The van der Waals surface area contributed by atoms with Crippen LogP contribution in [0.25, 0.3) is 11.1 Å². The van der Waals surface area contributed by atoms with Gasteiger partial charge in [-0.05, 0) is 40.7 Å². The summed E-state index contributed by atoms with van der Waals surface area (Å²) in [6.45, 7) is 0.807. The van der Waals surface area contributed by atoms with E-state index in [1.807, 2.05) is 72.8 Å². The number of carbonyl (C=O) groups excluding carboxylic acids is 1. The Morgan fingerprint density at radius 3 is 2.33 bits per heavy atom. The average Bonchev–Trinajstić information content (AvgIpc) is 3.39. The third-order valence-electron chi connectivity index (χ3n) is 8.03. The van der Waals surface area contributed by atoms with Gasteiger partial charge in [0, 0.05) is 31.4 Å². The number of hydrogen-bond donors (Lipinski definition) is 3. The number of amides is 1. The first-order valence-corrected chi connectivity index (χ1v) is 16.1. The standard InChI is InChI=1S/C35H37Cl2N3O6/c36-33-34(37)40(22-39-33)20-28-18-30(25-12-10-23(21-41)11-13-25)46-35(45-28)26-16-14-24(15-17-26)29-7-5-4-6-27(29)19-38-31(42)8-2-1-3-9-32(43)44/h4-7,10-17,22,28,30,35,41H,1-3,8-9,18-21H2,(H,38,42)(H,43,44). The number of benzene rings is 3. The van der Waals surface area contributed by atoms with Crippen molar-refractivity contribution in [2.75, 3.05) is 0 Å². The van der Waals surface area contributed by atoms with Crippen molar-refractivity contribution in [3.63, 3.8) is 0 Å². The lowest BCUT2D eigenvalue weighted by Gasteiger charge is -2.36. The van der Waals surface area contributed by atoms with Crippen molar-refractivity contribution in [1.29, 1.82) is 0 Å². The predicted octanol–water partition coefficient (Wildman–Crippen LogP) is 7.25. The van der Waals surface area contributed by atoms with E-state index in [2.05, 4.69) is 10.3 Å². The number of nitrogens with zero attached hydrogens (tertiary/aromatic N) is 2. The highest BCUT2D eigenvalue weighted by Crippen LogP contribution is 2.39. The van der Waals surface area contributed by atoms with E-state index in [1.165, 1.54) is 0 Å². The first-order chi connectivity index (χ1) is 22.3. The molecule has 1 amide bonds. The molecule has 1 aliphatic heterocycles. The number of carbonyl (C=O) groups is 2. The molecule has 3 aromatic carbocycles. The number of rotatable bonds is 14. The number of carboxylic acids is 1. The van der Waals surface area contributed by atoms with Gasteiger partial charge < -0.3 is 29.6 Å². The molecule has 3 atom stereocenters. The molecular weight excluding hydrogens is 629 g/mol. The van der Waals surface area contributed by atoms with E-state index in [9.17, 15) is 14.7 Å². The molecule has 2 heterocycles. The molecule has 0 saturated carbocycles. The van der Waals surface area contributed by atoms with Crippen LogP contribution in [0.4, 0.5) is 0 Å². The normalized spacial score (nSPS) is 17.9. The quantitative estimate of drug-likeness (QED) is 0.121. The summed E-state index contributed by atoms with van der Waals surface area (Å²) in [5.74, 6) is -0.866. The van der Waals surface area contributed by atoms with Gasteiger partial charge >= 0.3 is 5.97 Å². The van der Waals surface area contributed by atoms with Crippen LogP contribution in [0, 0.1) is 0 Å². The van der Waals surface area contributed by atoms with Crippen LogP contribution in [0.5, 0.6) is 0 Å². The molecule has 0 spiro atoms. The van der Waals surface area contributed by atoms with E-state index in [4.69, 9.17) is 37.8 Å². The maximum Gasteiger partial charge on any atom is 0.303 e. The molecule has 1 fully saturated rings. The Bertz CT molecular complexity index is 1610. The molecule has 46 heavy (non-hydrogen) atoms. The maximum atomic E-state index is 12.4. The third kappa shape index (κ3) is 8.96. The Kier molecular flexibility index (Phi) is 11.8. The fourth-order valence-electron chi connectivity index (χ4n) is 5.52. The zero-order valence-electron chi connectivity index (χ0n) is 25.3. The van der Waals surface area contributed by atoms with E-state index in [-0.39, 0.29) is 36.3 Å².